The highest BCUT2D eigenvalue weighted by Gasteiger charge is 2.67. The number of halogens is 7. The summed E-state index contributed by atoms with van der Waals surface area (Å²) in [6.45, 7) is 1.02. The summed E-state index contributed by atoms with van der Waals surface area (Å²) in [5.41, 5.74) is -2.96. The number of hydrogen-bond acceptors (Lipinski definition) is 10. The van der Waals surface area contributed by atoms with Gasteiger partial charge in [-0.2, -0.15) is 19.0 Å². The van der Waals surface area contributed by atoms with Gasteiger partial charge in [-0.15, -0.1) is 0 Å². The quantitative estimate of drug-likeness (QED) is 0.136. The third-order valence-electron chi connectivity index (χ3n) is 10.0. The Morgan fingerprint density at radius 1 is 1.08 bits per heavy atom. The first-order chi connectivity index (χ1) is 28.3. The lowest BCUT2D eigenvalue weighted by molar-refractivity contribution is -0.123. The molecule has 4 heterocycles. The number of anilines is 1. The Hall–Kier alpha value is -6.03. The van der Waals surface area contributed by atoms with Gasteiger partial charge in [0.25, 0.3) is 17.9 Å². The topological polar surface area (TPSA) is 181 Å². The molecule has 2 N–H and O–H groups in total. The minimum Gasteiger partial charge on any atom is -0.491 e. The van der Waals surface area contributed by atoms with Crippen molar-refractivity contribution in [3.05, 3.63) is 104 Å². The van der Waals surface area contributed by atoms with E-state index in [2.05, 4.69) is 35.2 Å². The maximum absolute atomic E-state index is 15.5. The number of aromatic nitrogens is 8. The third kappa shape index (κ3) is 7.41. The van der Waals surface area contributed by atoms with Crippen molar-refractivity contribution in [2.24, 2.45) is 13.0 Å². The van der Waals surface area contributed by atoms with Gasteiger partial charge in [0, 0.05) is 37.1 Å². The number of hydrogen-bond donors (Lipinski definition) is 2. The van der Waals surface area contributed by atoms with E-state index in [1.54, 1.807) is 6.92 Å². The van der Waals surface area contributed by atoms with Gasteiger partial charge in [0.05, 0.1) is 52.9 Å². The third-order valence-corrected chi connectivity index (χ3v) is 10.9. The molecule has 0 aliphatic heterocycles. The van der Waals surface area contributed by atoms with Crippen LogP contribution in [-0.2, 0) is 40.8 Å². The van der Waals surface area contributed by atoms with Crippen LogP contribution in [0.1, 0.15) is 60.1 Å². The van der Waals surface area contributed by atoms with Crippen LogP contribution in [0.25, 0.3) is 28.1 Å². The lowest BCUT2D eigenvalue weighted by Gasteiger charge is -2.24. The molecule has 60 heavy (non-hydrogen) atoms. The highest BCUT2D eigenvalue weighted by molar-refractivity contribution is 7.92. The van der Waals surface area contributed by atoms with E-state index in [1.165, 1.54) is 36.3 Å². The van der Waals surface area contributed by atoms with E-state index >= 15 is 8.78 Å². The van der Waals surface area contributed by atoms with Crippen LogP contribution in [0.2, 0.25) is 5.02 Å². The number of nitrogens with one attached hydrogen (secondary N) is 2. The molecule has 1 fully saturated rings. The van der Waals surface area contributed by atoms with Crippen molar-refractivity contribution in [1.29, 1.82) is 0 Å². The number of amides is 1. The molecule has 23 heteroatoms. The Bertz CT molecular complexity index is 2870. The lowest BCUT2D eigenvalue weighted by atomic mass is 10.0. The van der Waals surface area contributed by atoms with Crippen molar-refractivity contribution in [1.82, 2.24) is 44.4 Å². The number of nitrogens with zero attached hydrogens (tertiary/aromatic N) is 8. The largest absolute Gasteiger partial charge is 0.491 e. The Balaban J connectivity index is 1.32. The predicted molar refractivity (Wildman–Crippen MR) is 203 cm³/mol. The number of carbonyl (C=O) groups excluding carboxylic acids is 1. The van der Waals surface area contributed by atoms with Gasteiger partial charge in [-0.05, 0) is 49.1 Å². The number of benzene rings is 2. The summed E-state index contributed by atoms with van der Waals surface area (Å²) in [5.74, 6) is -9.02. The van der Waals surface area contributed by atoms with Crippen LogP contribution in [0.3, 0.4) is 0 Å². The highest BCUT2D eigenvalue weighted by atomic mass is 35.5. The average molecular weight is 877 g/mol. The molecule has 15 nitrogen and oxygen atoms in total. The maximum atomic E-state index is 15.5. The van der Waals surface area contributed by atoms with E-state index in [0.29, 0.717) is 10.7 Å². The van der Waals surface area contributed by atoms with Crippen molar-refractivity contribution in [3.8, 4) is 23.0 Å². The number of ether oxygens (including phenoxy) is 1. The summed E-state index contributed by atoms with van der Waals surface area (Å²) in [6.07, 6.45) is -0.199. The summed E-state index contributed by atoms with van der Waals surface area (Å²) in [7, 11) is -2.48. The molecule has 0 spiro atoms. The number of carbonyl (C=O) groups is 1. The molecule has 0 bridgehead atoms. The van der Waals surface area contributed by atoms with E-state index in [-0.39, 0.29) is 74.7 Å². The van der Waals surface area contributed by atoms with Gasteiger partial charge in [-0.1, -0.05) is 11.6 Å². The molecular formula is C37H31ClF6N10O5S. The van der Waals surface area contributed by atoms with Crippen LogP contribution >= 0.6 is 11.6 Å². The summed E-state index contributed by atoms with van der Waals surface area (Å²) in [4.78, 5) is 41.7. The number of rotatable bonds is 13. The van der Waals surface area contributed by atoms with Crippen molar-refractivity contribution in [2.75, 3.05) is 17.6 Å². The van der Waals surface area contributed by atoms with Crippen molar-refractivity contribution < 1.29 is 44.3 Å². The SMILES string of the molecule is CCOc1cnc(-c2cc(=O)n(-c3ccc(Cl)c4c(NS(C)(=O)=O)nn(C)c34)c([C@H](Cc3cc(F)cc(F)c3)NC(=O)Cn3nc(C(F)F)c4c3C(F)(F)[C@@H]3C[C@H]43)n2)nc1. The van der Waals surface area contributed by atoms with Crippen LogP contribution in [0.15, 0.2) is 53.6 Å². The fourth-order valence-electron chi connectivity index (χ4n) is 7.69. The standard InChI is InChI=1S/C37H31ClF6N10O5S/c1-4-59-19-13-45-34(46-14-19)23-12-27(56)54(25-6-5-22(38)29-31(25)52(2)50-35(29)51-60(3,57)58)36(48-23)24(9-16-7-17(39)10-18(40)8-16)47-26(55)15-53-32-28(30(49-53)33(41)42)20-11-21(20)37(32,43)44/h5-8,10,12-14,20-21,24,33H,4,9,11,15H2,1-3H3,(H,47,55)(H,50,51)/t20-,21+,24-/m0/s1. The molecule has 0 unspecified atom stereocenters. The van der Waals surface area contributed by atoms with Crippen molar-refractivity contribution >= 4 is 44.3 Å². The van der Waals surface area contributed by atoms with E-state index < -0.39 is 87.7 Å². The lowest BCUT2D eigenvalue weighted by Crippen LogP contribution is -2.38. The van der Waals surface area contributed by atoms with E-state index in [4.69, 9.17) is 16.3 Å². The first-order valence-electron chi connectivity index (χ1n) is 18.1. The van der Waals surface area contributed by atoms with Crippen molar-refractivity contribution in [2.45, 2.75) is 50.6 Å². The smallest absolute Gasteiger partial charge is 0.293 e. The first-order valence-corrected chi connectivity index (χ1v) is 20.4. The molecule has 2 aliphatic carbocycles. The van der Waals surface area contributed by atoms with Gasteiger partial charge in [0.15, 0.2) is 17.4 Å². The van der Waals surface area contributed by atoms with Gasteiger partial charge in [-0.3, -0.25) is 28.2 Å². The fourth-order valence-corrected chi connectivity index (χ4v) is 8.43. The number of alkyl halides is 4. The van der Waals surface area contributed by atoms with Crippen LogP contribution in [0, 0.1) is 17.6 Å². The zero-order chi connectivity index (χ0) is 43.0. The molecule has 1 saturated carbocycles. The summed E-state index contributed by atoms with van der Waals surface area (Å²) in [5, 5.41) is 10.6. The molecule has 2 aliphatic rings. The average Bonchev–Trinajstić information content (AvgIpc) is 3.70. The fraction of sp³-hybridized carbons (Fsp3) is 0.324. The van der Waals surface area contributed by atoms with Crippen LogP contribution in [0.4, 0.5) is 32.2 Å². The molecule has 0 radical (unpaired) electrons. The first kappa shape index (κ1) is 40.7. The molecule has 6 aromatic rings. The molecule has 0 saturated heterocycles. The second-order valence-corrected chi connectivity index (χ2v) is 16.4. The zero-order valence-electron chi connectivity index (χ0n) is 31.4. The van der Waals surface area contributed by atoms with Crippen LogP contribution < -0.4 is 20.3 Å². The van der Waals surface area contributed by atoms with Gasteiger partial charge in [0.2, 0.25) is 15.9 Å². The zero-order valence-corrected chi connectivity index (χ0v) is 33.0. The molecule has 8 rings (SSSR count). The Morgan fingerprint density at radius 2 is 1.78 bits per heavy atom. The molecule has 1 amide bonds. The summed E-state index contributed by atoms with van der Waals surface area (Å²) >= 11 is 6.57. The Kier molecular flexibility index (Phi) is 10.1. The minimum absolute atomic E-state index is 0.0120. The predicted octanol–water partition coefficient (Wildman–Crippen LogP) is 5.72. The van der Waals surface area contributed by atoms with Gasteiger partial charge < -0.3 is 10.1 Å². The van der Waals surface area contributed by atoms with E-state index in [9.17, 15) is 35.6 Å². The number of fused-ring (bicyclic) bond motifs is 4. The summed E-state index contributed by atoms with van der Waals surface area (Å²) in [6, 6.07) is 4.73. The highest BCUT2D eigenvalue weighted by Crippen LogP contribution is 2.68. The second kappa shape index (κ2) is 14.9. The molecule has 4 aromatic heterocycles. The van der Waals surface area contributed by atoms with E-state index in [0.717, 1.165) is 29.0 Å². The van der Waals surface area contributed by atoms with Crippen LogP contribution in [0.5, 0.6) is 5.75 Å². The van der Waals surface area contributed by atoms with Crippen LogP contribution in [-0.4, -0.2) is 66.3 Å². The number of aryl methyl sites for hydroxylation is 1. The molecular weight excluding hydrogens is 846 g/mol. The normalized spacial score (nSPS) is 17.1. The van der Waals surface area contributed by atoms with Gasteiger partial charge in [0.1, 0.15) is 41.1 Å². The Morgan fingerprint density at radius 3 is 2.43 bits per heavy atom. The number of sulfonamides is 1. The minimum atomic E-state index is -3.91. The maximum Gasteiger partial charge on any atom is 0.293 e. The summed E-state index contributed by atoms with van der Waals surface area (Å²) < 4.78 is 123. The Labute approximate surface area is 340 Å². The molecule has 314 valence electrons. The van der Waals surface area contributed by atoms with Crippen molar-refractivity contribution in [3.63, 3.8) is 0 Å². The second-order valence-electron chi connectivity index (χ2n) is 14.3. The van der Waals surface area contributed by atoms with Gasteiger partial charge >= 0.3 is 0 Å². The van der Waals surface area contributed by atoms with E-state index in [1.807, 2.05) is 0 Å². The molecule has 3 atom stereocenters. The monoisotopic (exact) mass is 876 g/mol. The van der Waals surface area contributed by atoms with Gasteiger partial charge in [-0.25, -0.2) is 40.9 Å². The molecule has 2 aromatic carbocycles.